The SMILES string of the molecule is Cc1ccc(-c2nc3ccc(-c4nc5ccc(C)c(S(=O)(=O)O)c5s4)cc3s2)cc1. The lowest BCUT2D eigenvalue weighted by atomic mass is 10.2. The highest BCUT2D eigenvalue weighted by molar-refractivity contribution is 7.86. The molecule has 5 nitrogen and oxygen atoms in total. The van der Waals surface area contributed by atoms with Crippen LogP contribution in [0.25, 0.3) is 41.6 Å². The summed E-state index contributed by atoms with van der Waals surface area (Å²) in [4.78, 5) is 9.28. The first-order chi connectivity index (χ1) is 14.3. The number of aromatic nitrogens is 2. The molecular weight excluding hydrogens is 436 g/mol. The molecule has 0 aliphatic heterocycles. The Hall–Kier alpha value is -2.65. The second-order valence-electron chi connectivity index (χ2n) is 7.12. The fourth-order valence-electron chi connectivity index (χ4n) is 3.39. The van der Waals surface area contributed by atoms with Gasteiger partial charge in [0.25, 0.3) is 10.1 Å². The van der Waals surface area contributed by atoms with Crippen molar-refractivity contribution in [3.05, 3.63) is 65.7 Å². The molecule has 0 saturated heterocycles. The van der Waals surface area contributed by atoms with Gasteiger partial charge in [-0.15, -0.1) is 22.7 Å². The second kappa shape index (κ2) is 6.95. The zero-order chi connectivity index (χ0) is 21.0. The summed E-state index contributed by atoms with van der Waals surface area (Å²) < 4.78 is 34.9. The molecule has 0 spiro atoms. The molecule has 0 bridgehead atoms. The van der Waals surface area contributed by atoms with Crippen LogP contribution in [-0.2, 0) is 10.1 Å². The Morgan fingerprint density at radius 1 is 0.800 bits per heavy atom. The molecule has 3 aromatic carbocycles. The first kappa shape index (κ1) is 19.3. The first-order valence-electron chi connectivity index (χ1n) is 9.15. The average Bonchev–Trinajstić information content (AvgIpc) is 3.30. The molecule has 0 fully saturated rings. The van der Waals surface area contributed by atoms with E-state index in [-0.39, 0.29) is 4.90 Å². The lowest BCUT2D eigenvalue weighted by molar-refractivity contribution is 0.484. The van der Waals surface area contributed by atoms with E-state index in [1.807, 2.05) is 18.2 Å². The largest absolute Gasteiger partial charge is 0.296 e. The van der Waals surface area contributed by atoms with Crippen LogP contribution in [0.3, 0.4) is 0 Å². The van der Waals surface area contributed by atoms with E-state index in [0.29, 0.717) is 20.8 Å². The maximum atomic E-state index is 11.9. The van der Waals surface area contributed by atoms with Gasteiger partial charge in [-0.05, 0) is 43.7 Å². The van der Waals surface area contributed by atoms with Gasteiger partial charge >= 0.3 is 0 Å². The lowest BCUT2D eigenvalue weighted by Gasteiger charge is -2.02. The summed E-state index contributed by atoms with van der Waals surface area (Å²) in [6.45, 7) is 3.72. The van der Waals surface area contributed by atoms with Crippen LogP contribution >= 0.6 is 22.7 Å². The number of hydrogen-bond acceptors (Lipinski definition) is 6. The van der Waals surface area contributed by atoms with Gasteiger partial charge in [0, 0.05) is 11.1 Å². The Morgan fingerprint density at radius 2 is 1.43 bits per heavy atom. The Bertz CT molecular complexity index is 1530. The zero-order valence-electron chi connectivity index (χ0n) is 16.1. The van der Waals surface area contributed by atoms with E-state index >= 15 is 0 Å². The van der Waals surface area contributed by atoms with Gasteiger partial charge in [0.15, 0.2) is 0 Å². The Balaban J connectivity index is 1.63. The van der Waals surface area contributed by atoms with E-state index in [1.54, 1.807) is 30.4 Å². The second-order valence-corrected chi connectivity index (χ2v) is 10.5. The monoisotopic (exact) mass is 452 g/mol. The third-order valence-corrected chi connectivity index (χ3v) is 8.28. The zero-order valence-corrected chi connectivity index (χ0v) is 18.5. The standard InChI is InChI=1S/C22H16N2O3S3/c1-12-3-6-14(7-4-12)21-23-16-10-8-15(11-18(16)28-21)22-24-17-9-5-13(2)20(19(17)29-22)30(25,26)27/h3-11H,1-2H3,(H,25,26,27). The number of benzene rings is 3. The summed E-state index contributed by atoms with van der Waals surface area (Å²) in [5.74, 6) is 0. The molecule has 150 valence electrons. The van der Waals surface area contributed by atoms with E-state index in [1.165, 1.54) is 16.9 Å². The Labute approximate surface area is 181 Å². The molecule has 5 rings (SSSR count). The summed E-state index contributed by atoms with van der Waals surface area (Å²) in [6.07, 6.45) is 0. The topological polar surface area (TPSA) is 80.2 Å². The normalized spacial score (nSPS) is 12.1. The van der Waals surface area contributed by atoms with E-state index < -0.39 is 10.1 Å². The number of nitrogens with zero attached hydrogens (tertiary/aromatic N) is 2. The summed E-state index contributed by atoms with van der Waals surface area (Å²) in [6, 6.07) is 17.7. The number of hydrogen-bond donors (Lipinski definition) is 1. The number of thiazole rings is 2. The van der Waals surface area contributed by atoms with Gasteiger partial charge in [0.1, 0.15) is 14.9 Å². The number of fused-ring (bicyclic) bond motifs is 2. The summed E-state index contributed by atoms with van der Waals surface area (Å²) in [7, 11) is -4.33. The third-order valence-electron chi connectivity index (χ3n) is 4.90. The molecule has 0 aliphatic rings. The van der Waals surface area contributed by atoms with Crippen molar-refractivity contribution in [1.29, 1.82) is 0 Å². The molecule has 8 heteroatoms. The number of rotatable bonds is 3. The van der Waals surface area contributed by atoms with Crippen LogP contribution in [0.2, 0.25) is 0 Å². The van der Waals surface area contributed by atoms with Gasteiger partial charge in [-0.3, -0.25) is 4.55 Å². The van der Waals surface area contributed by atoms with Crippen molar-refractivity contribution >= 4 is 53.2 Å². The Morgan fingerprint density at radius 3 is 2.17 bits per heavy atom. The van der Waals surface area contributed by atoms with E-state index in [2.05, 4.69) is 36.2 Å². The van der Waals surface area contributed by atoms with Crippen molar-refractivity contribution in [2.24, 2.45) is 0 Å². The fraction of sp³-hybridized carbons (Fsp3) is 0.0909. The molecule has 0 atom stereocenters. The average molecular weight is 453 g/mol. The van der Waals surface area contributed by atoms with E-state index in [9.17, 15) is 13.0 Å². The predicted molar refractivity (Wildman–Crippen MR) is 123 cm³/mol. The molecule has 0 radical (unpaired) electrons. The maximum absolute atomic E-state index is 11.9. The van der Waals surface area contributed by atoms with Crippen LogP contribution in [0.5, 0.6) is 0 Å². The van der Waals surface area contributed by atoms with Gasteiger partial charge in [-0.25, -0.2) is 9.97 Å². The van der Waals surface area contributed by atoms with Gasteiger partial charge < -0.3 is 0 Å². The van der Waals surface area contributed by atoms with Gasteiger partial charge in [-0.2, -0.15) is 8.42 Å². The van der Waals surface area contributed by atoms with Crippen LogP contribution < -0.4 is 0 Å². The van der Waals surface area contributed by atoms with Crippen LogP contribution in [0.4, 0.5) is 0 Å². The fourth-order valence-corrected chi connectivity index (χ4v) is 6.71. The van der Waals surface area contributed by atoms with Crippen molar-refractivity contribution in [3.63, 3.8) is 0 Å². The van der Waals surface area contributed by atoms with E-state index in [0.717, 1.165) is 26.4 Å². The molecule has 2 heterocycles. The van der Waals surface area contributed by atoms with E-state index in [4.69, 9.17) is 4.98 Å². The van der Waals surface area contributed by atoms with Gasteiger partial charge in [0.2, 0.25) is 0 Å². The molecule has 0 amide bonds. The van der Waals surface area contributed by atoms with Crippen LogP contribution in [0.1, 0.15) is 11.1 Å². The first-order valence-corrected chi connectivity index (χ1v) is 12.2. The van der Waals surface area contributed by atoms with Crippen molar-refractivity contribution in [1.82, 2.24) is 9.97 Å². The summed E-state index contributed by atoms with van der Waals surface area (Å²) >= 11 is 2.88. The molecule has 2 aromatic heterocycles. The summed E-state index contributed by atoms with van der Waals surface area (Å²) in [5, 5.41) is 1.66. The third kappa shape index (κ3) is 3.31. The molecule has 30 heavy (non-hydrogen) atoms. The van der Waals surface area contributed by atoms with Gasteiger partial charge in [0.05, 0.1) is 20.4 Å². The number of aryl methyl sites for hydroxylation is 2. The van der Waals surface area contributed by atoms with Crippen molar-refractivity contribution in [2.45, 2.75) is 18.7 Å². The maximum Gasteiger partial charge on any atom is 0.296 e. The highest BCUT2D eigenvalue weighted by Gasteiger charge is 2.21. The predicted octanol–water partition coefficient (Wildman–Crippen LogP) is 6.10. The molecule has 0 aliphatic carbocycles. The van der Waals surface area contributed by atoms with Crippen LogP contribution in [0, 0.1) is 13.8 Å². The van der Waals surface area contributed by atoms with Crippen LogP contribution in [-0.4, -0.2) is 22.9 Å². The quantitative estimate of drug-likeness (QED) is 0.334. The van der Waals surface area contributed by atoms with Crippen molar-refractivity contribution in [2.75, 3.05) is 0 Å². The highest BCUT2D eigenvalue weighted by Crippen LogP contribution is 2.38. The Kier molecular flexibility index (Phi) is 4.48. The van der Waals surface area contributed by atoms with Crippen molar-refractivity contribution < 1.29 is 13.0 Å². The minimum absolute atomic E-state index is 0.0655. The van der Waals surface area contributed by atoms with Crippen molar-refractivity contribution in [3.8, 4) is 21.1 Å². The molecule has 5 aromatic rings. The molecule has 0 unspecified atom stereocenters. The molecule has 1 N–H and O–H groups in total. The lowest BCUT2D eigenvalue weighted by Crippen LogP contribution is -2.00. The van der Waals surface area contributed by atoms with Gasteiger partial charge in [-0.1, -0.05) is 35.9 Å². The molecular formula is C22H16N2O3S3. The highest BCUT2D eigenvalue weighted by atomic mass is 32.2. The summed E-state index contributed by atoms with van der Waals surface area (Å²) in [5.41, 5.74) is 5.14. The molecule has 0 saturated carbocycles. The minimum Gasteiger partial charge on any atom is -0.282 e. The minimum atomic E-state index is -4.33. The smallest absolute Gasteiger partial charge is 0.282 e. The van der Waals surface area contributed by atoms with Crippen LogP contribution in [0.15, 0.2) is 59.5 Å².